The summed E-state index contributed by atoms with van der Waals surface area (Å²) in [7, 11) is 3.34. The molecule has 4 nitrogen and oxygen atoms in total. The average Bonchev–Trinajstić information content (AvgIpc) is 2.77. The summed E-state index contributed by atoms with van der Waals surface area (Å²) in [5, 5.41) is 0. The molecular formula is C18H24O4. The lowest BCUT2D eigenvalue weighted by Crippen LogP contribution is -2.36. The van der Waals surface area contributed by atoms with E-state index < -0.39 is 5.60 Å². The van der Waals surface area contributed by atoms with Crippen LogP contribution < -0.4 is 9.47 Å². The number of rotatable bonds is 2. The summed E-state index contributed by atoms with van der Waals surface area (Å²) in [4.78, 5) is 11.9. The molecule has 0 bridgehead atoms. The molecule has 0 amide bonds. The van der Waals surface area contributed by atoms with E-state index >= 15 is 0 Å². The van der Waals surface area contributed by atoms with Gasteiger partial charge in [-0.1, -0.05) is 13.8 Å². The molecule has 1 aliphatic heterocycles. The Hall–Kier alpha value is -1.71. The number of aryl methyl sites for hydroxylation is 1. The summed E-state index contributed by atoms with van der Waals surface area (Å²) in [5.41, 5.74) is 2.77. The number of hydrogen-bond donors (Lipinski definition) is 0. The zero-order chi connectivity index (χ0) is 16.1. The zero-order valence-electron chi connectivity index (χ0n) is 14.0. The monoisotopic (exact) mass is 304 g/mol. The fourth-order valence-electron chi connectivity index (χ4n) is 4.17. The van der Waals surface area contributed by atoms with Gasteiger partial charge in [0.2, 0.25) is 0 Å². The van der Waals surface area contributed by atoms with Crippen LogP contribution in [-0.4, -0.2) is 20.2 Å². The fraction of sp³-hybridized carbons (Fsp3) is 0.611. The third kappa shape index (κ3) is 1.93. The molecule has 1 aromatic carbocycles. The van der Waals surface area contributed by atoms with Crippen molar-refractivity contribution in [2.75, 3.05) is 14.2 Å². The van der Waals surface area contributed by atoms with Crippen molar-refractivity contribution < 1.29 is 19.0 Å². The minimum absolute atomic E-state index is 0.0968. The van der Waals surface area contributed by atoms with Gasteiger partial charge in [0.15, 0.2) is 11.5 Å². The molecule has 2 aliphatic rings. The van der Waals surface area contributed by atoms with Crippen molar-refractivity contribution in [2.45, 2.75) is 51.6 Å². The van der Waals surface area contributed by atoms with Crippen LogP contribution in [0.5, 0.6) is 11.5 Å². The van der Waals surface area contributed by atoms with Crippen LogP contribution in [0.1, 0.15) is 55.7 Å². The van der Waals surface area contributed by atoms with Crippen molar-refractivity contribution in [1.29, 1.82) is 0 Å². The Morgan fingerprint density at radius 3 is 2.45 bits per heavy atom. The summed E-state index contributed by atoms with van der Waals surface area (Å²) in [6, 6.07) is 2.13. The fourth-order valence-corrected chi connectivity index (χ4v) is 4.17. The summed E-state index contributed by atoms with van der Waals surface area (Å²) in [6.07, 6.45) is 2.34. The van der Waals surface area contributed by atoms with Gasteiger partial charge in [0.25, 0.3) is 0 Å². The van der Waals surface area contributed by atoms with Gasteiger partial charge in [0.05, 0.1) is 20.6 Å². The Labute approximate surface area is 131 Å². The minimum atomic E-state index is -0.497. The normalized spacial score (nSPS) is 30.1. The number of benzene rings is 1. The lowest BCUT2D eigenvalue weighted by Gasteiger charge is -2.41. The largest absolute Gasteiger partial charge is 0.493 e. The van der Waals surface area contributed by atoms with Gasteiger partial charge >= 0.3 is 5.97 Å². The van der Waals surface area contributed by atoms with Crippen molar-refractivity contribution in [3.05, 3.63) is 22.8 Å². The van der Waals surface area contributed by atoms with E-state index in [1.165, 1.54) is 0 Å². The molecule has 22 heavy (non-hydrogen) atoms. The molecule has 3 atom stereocenters. The molecule has 120 valence electrons. The number of carbonyl (C=O) groups excluding carboxylic acids is 1. The second kappa shape index (κ2) is 5.18. The molecule has 0 unspecified atom stereocenters. The summed E-state index contributed by atoms with van der Waals surface area (Å²) < 4.78 is 17.1. The van der Waals surface area contributed by atoms with E-state index in [9.17, 15) is 4.79 Å². The van der Waals surface area contributed by atoms with Crippen LogP contribution in [0, 0.1) is 12.8 Å². The van der Waals surface area contributed by atoms with Crippen molar-refractivity contribution in [3.8, 4) is 11.5 Å². The van der Waals surface area contributed by atoms with Gasteiger partial charge in [-0.05, 0) is 37.3 Å². The van der Waals surface area contributed by atoms with Crippen molar-refractivity contribution >= 4 is 5.97 Å². The Morgan fingerprint density at radius 2 is 1.91 bits per heavy atom. The maximum atomic E-state index is 11.9. The first-order valence-electron chi connectivity index (χ1n) is 7.92. The third-order valence-corrected chi connectivity index (χ3v) is 5.33. The highest BCUT2D eigenvalue weighted by Crippen LogP contribution is 2.56. The number of hydrogen-bond acceptors (Lipinski definition) is 4. The standard InChI is InChI=1S/C18H24O4/c1-10-6-7-18(12(3)9-14(19)22-18)13-8-11(2)16(20-4)17(21-5)15(10)13/h8,10,12H,6-7,9H2,1-5H3/t10-,12-,18+/m0/s1. The Kier molecular flexibility index (Phi) is 3.58. The van der Waals surface area contributed by atoms with E-state index in [0.717, 1.165) is 41.0 Å². The zero-order valence-corrected chi connectivity index (χ0v) is 14.0. The first kappa shape index (κ1) is 15.2. The number of esters is 1. The number of ether oxygens (including phenoxy) is 3. The number of methoxy groups -OCH3 is 2. The highest BCUT2D eigenvalue weighted by atomic mass is 16.6. The first-order valence-corrected chi connectivity index (χ1v) is 7.92. The quantitative estimate of drug-likeness (QED) is 0.782. The van der Waals surface area contributed by atoms with Gasteiger partial charge in [-0.2, -0.15) is 0 Å². The molecule has 4 heteroatoms. The van der Waals surface area contributed by atoms with Crippen molar-refractivity contribution in [2.24, 2.45) is 5.92 Å². The molecule has 0 radical (unpaired) electrons. The molecule has 0 saturated carbocycles. The molecule has 1 heterocycles. The SMILES string of the molecule is COc1c(C)cc2c(c1OC)[C@@H](C)CC[C@]21OC(=O)C[C@@H]1C. The van der Waals surface area contributed by atoms with Crippen LogP contribution in [0.15, 0.2) is 6.07 Å². The highest BCUT2D eigenvalue weighted by Gasteiger charge is 2.52. The van der Waals surface area contributed by atoms with Crippen LogP contribution in [-0.2, 0) is 15.1 Å². The van der Waals surface area contributed by atoms with Crippen LogP contribution in [0.2, 0.25) is 0 Å². The van der Waals surface area contributed by atoms with E-state index in [4.69, 9.17) is 14.2 Å². The lowest BCUT2D eigenvalue weighted by atomic mass is 9.68. The van der Waals surface area contributed by atoms with Gasteiger partial charge in [0, 0.05) is 17.0 Å². The highest BCUT2D eigenvalue weighted by molar-refractivity contribution is 5.74. The summed E-state index contributed by atoms with van der Waals surface area (Å²) >= 11 is 0. The van der Waals surface area contributed by atoms with Crippen LogP contribution >= 0.6 is 0 Å². The Balaban J connectivity index is 2.28. The second-order valence-corrected chi connectivity index (χ2v) is 6.63. The second-order valence-electron chi connectivity index (χ2n) is 6.63. The summed E-state index contributed by atoms with van der Waals surface area (Å²) in [6.45, 7) is 6.32. The number of carbonyl (C=O) groups is 1. The molecule has 1 aliphatic carbocycles. The maximum Gasteiger partial charge on any atom is 0.307 e. The molecule has 0 N–H and O–H groups in total. The van der Waals surface area contributed by atoms with Crippen LogP contribution in [0.4, 0.5) is 0 Å². The van der Waals surface area contributed by atoms with E-state index in [1.807, 2.05) is 6.92 Å². The van der Waals surface area contributed by atoms with Gasteiger partial charge < -0.3 is 14.2 Å². The first-order chi connectivity index (χ1) is 10.4. The molecule has 1 aromatic rings. The van der Waals surface area contributed by atoms with Crippen LogP contribution in [0.25, 0.3) is 0 Å². The Morgan fingerprint density at radius 1 is 1.23 bits per heavy atom. The predicted molar refractivity (Wildman–Crippen MR) is 83.5 cm³/mol. The van der Waals surface area contributed by atoms with Crippen molar-refractivity contribution in [1.82, 2.24) is 0 Å². The smallest absolute Gasteiger partial charge is 0.307 e. The van der Waals surface area contributed by atoms with E-state index in [0.29, 0.717) is 12.3 Å². The van der Waals surface area contributed by atoms with Gasteiger partial charge in [-0.3, -0.25) is 4.79 Å². The van der Waals surface area contributed by atoms with Gasteiger partial charge in [-0.15, -0.1) is 0 Å². The summed E-state index contributed by atoms with van der Waals surface area (Å²) in [5.74, 6) is 2.02. The molecule has 1 spiro atoms. The topological polar surface area (TPSA) is 44.8 Å². The van der Waals surface area contributed by atoms with Gasteiger partial charge in [0.1, 0.15) is 5.60 Å². The van der Waals surface area contributed by atoms with E-state index in [-0.39, 0.29) is 11.9 Å². The third-order valence-electron chi connectivity index (χ3n) is 5.33. The molecule has 0 aromatic heterocycles. The number of fused-ring (bicyclic) bond motifs is 2. The van der Waals surface area contributed by atoms with Gasteiger partial charge in [-0.25, -0.2) is 0 Å². The average molecular weight is 304 g/mol. The van der Waals surface area contributed by atoms with E-state index in [2.05, 4.69) is 19.9 Å². The molecular weight excluding hydrogens is 280 g/mol. The predicted octanol–water partition coefficient (Wildman–Crippen LogP) is 3.69. The molecule has 3 rings (SSSR count). The minimum Gasteiger partial charge on any atom is -0.493 e. The maximum absolute atomic E-state index is 11.9. The molecule has 1 saturated heterocycles. The lowest BCUT2D eigenvalue weighted by molar-refractivity contribution is -0.152. The van der Waals surface area contributed by atoms with Crippen LogP contribution in [0.3, 0.4) is 0 Å². The Bertz CT molecular complexity index is 622. The molecule has 1 fully saturated rings. The van der Waals surface area contributed by atoms with Crippen molar-refractivity contribution in [3.63, 3.8) is 0 Å². The van der Waals surface area contributed by atoms with E-state index in [1.54, 1.807) is 14.2 Å².